The van der Waals surface area contributed by atoms with Crippen molar-refractivity contribution >= 4 is 29.4 Å². The van der Waals surface area contributed by atoms with Crippen LogP contribution in [0.25, 0.3) is 0 Å². The van der Waals surface area contributed by atoms with Gasteiger partial charge >= 0.3 is 11.9 Å². The number of unbranched alkanes of at least 4 members (excludes halogenated alkanes) is 11. The molecule has 226 valence electrons. The fraction of sp³-hybridized carbons (Fsp3) is 0.828. The Hall–Kier alpha value is -2.33. The molecular formula is C29H51NO9. The van der Waals surface area contributed by atoms with E-state index in [0.29, 0.717) is 26.2 Å². The lowest BCUT2D eigenvalue weighted by Gasteiger charge is -2.12. The molecule has 0 aromatic rings. The highest BCUT2D eigenvalue weighted by atomic mass is 16.5. The van der Waals surface area contributed by atoms with Crippen LogP contribution in [0.5, 0.6) is 0 Å². The number of rotatable bonds is 29. The average molecular weight is 558 g/mol. The maximum atomic E-state index is 12.3. The van der Waals surface area contributed by atoms with E-state index in [1.165, 1.54) is 39.0 Å². The molecule has 10 heteroatoms. The Kier molecular flexibility index (Phi) is 24.4. The number of carbonyl (C=O) groups is 5. The highest BCUT2D eigenvalue weighted by Gasteiger charge is 2.22. The molecule has 0 heterocycles. The van der Waals surface area contributed by atoms with E-state index in [0.717, 1.165) is 44.9 Å². The van der Waals surface area contributed by atoms with Crippen LogP contribution in [-0.2, 0) is 33.4 Å². The average Bonchev–Trinajstić information content (AvgIpc) is 2.87. The minimum Gasteiger partial charge on any atom is -0.481 e. The molecule has 39 heavy (non-hydrogen) atoms. The number of Topliss-reactive ketones (excluding diaryl/α,β-unsaturated/α-hetero) is 2. The highest BCUT2D eigenvalue weighted by molar-refractivity contribution is 5.84. The van der Waals surface area contributed by atoms with Crippen molar-refractivity contribution in [2.24, 2.45) is 5.92 Å². The van der Waals surface area contributed by atoms with Crippen molar-refractivity contribution in [2.45, 2.75) is 116 Å². The van der Waals surface area contributed by atoms with Gasteiger partial charge in [-0.1, -0.05) is 64.2 Å². The fourth-order valence-electron chi connectivity index (χ4n) is 4.15. The van der Waals surface area contributed by atoms with E-state index in [1.54, 1.807) is 0 Å². The van der Waals surface area contributed by atoms with Gasteiger partial charge in [-0.2, -0.15) is 0 Å². The molecule has 0 fully saturated rings. The first-order valence-corrected chi connectivity index (χ1v) is 14.6. The van der Waals surface area contributed by atoms with E-state index >= 15 is 0 Å². The second kappa shape index (κ2) is 25.9. The normalized spacial score (nSPS) is 11.7. The molecule has 0 aliphatic rings. The van der Waals surface area contributed by atoms with Gasteiger partial charge in [0.2, 0.25) is 5.91 Å². The van der Waals surface area contributed by atoms with Crippen molar-refractivity contribution in [3.05, 3.63) is 0 Å². The van der Waals surface area contributed by atoms with Crippen molar-refractivity contribution in [1.29, 1.82) is 0 Å². The number of amides is 1. The van der Waals surface area contributed by atoms with Gasteiger partial charge in [0.05, 0.1) is 25.7 Å². The van der Waals surface area contributed by atoms with Crippen molar-refractivity contribution < 1.29 is 43.7 Å². The SMILES string of the molecule is CC(=O)COCCOCCNC(=O)CC[C@H](CC(=O)CCCCCCCCCCCCCCC(=O)O)C(=O)O. The Labute approximate surface area is 233 Å². The van der Waals surface area contributed by atoms with Crippen LogP contribution in [0.2, 0.25) is 0 Å². The molecule has 1 atom stereocenters. The molecule has 0 aromatic carbocycles. The lowest BCUT2D eigenvalue weighted by atomic mass is 9.94. The smallest absolute Gasteiger partial charge is 0.306 e. The first-order chi connectivity index (χ1) is 18.7. The minimum absolute atomic E-state index is 0.0384. The second-order valence-electron chi connectivity index (χ2n) is 10.2. The first-order valence-electron chi connectivity index (χ1n) is 14.6. The Bertz CT molecular complexity index is 696. The summed E-state index contributed by atoms with van der Waals surface area (Å²) in [6.45, 7) is 2.67. The third-order valence-corrected chi connectivity index (χ3v) is 6.39. The van der Waals surface area contributed by atoms with Gasteiger partial charge in [0, 0.05) is 32.2 Å². The van der Waals surface area contributed by atoms with Crippen LogP contribution in [0.3, 0.4) is 0 Å². The number of carbonyl (C=O) groups excluding carboxylic acids is 3. The molecule has 1 amide bonds. The third kappa shape index (κ3) is 27.0. The zero-order valence-electron chi connectivity index (χ0n) is 23.9. The maximum absolute atomic E-state index is 12.3. The number of ketones is 2. The quantitative estimate of drug-likeness (QED) is 0.111. The number of hydrogen-bond donors (Lipinski definition) is 3. The Balaban J connectivity index is 3.70. The molecular weight excluding hydrogens is 506 g/mol. The summed E-state index contributed by atoms with van der Waals surface area (Å²) in [7, 11) is 0. The molecule has 0 aliphatic carbocycles. The third-order valence-electron chi connectivity index (χ3n) is 6.39. The first kappa shape index (κ1) is 36.7. The Morgan fingerprint density at radius 1 is 0.667 bits per heavy atom. The number of ether oxygens (including phenoxy) is 2. The van der Waals surface area contributed by atoms with Gasteiger partial charge in [0.15, 0.2) is 5.78 Å². The topological polar surface area (TPSA) is 156 Å². The molecule has 3 N–H and O–H groups in total. The fourth-order valence-corrected chi connectivity index (χ4v) is 4.15. The molecule has 0 rings (SSSR count). The summed E-state index contributed by atoms with van der Waals surface area (Å²) in [6.07, 6.45) is 13.5. The van der Waals surface area contributed by atoms with Crippen LogP contribution in [0, 0.1) is 5.92 Å². The van der Waals surface area contributed by atoms with Crippen molar-refractivity contribution in [1.82, 2.24) is 5.32 Å². The standard InChI is InChI=1S/C29H51NO9/c1-24(31)23-39-21-20-38-19-18-30-27(33)17-16-25(29(36)37)22-26(32)14-12-10-8-6-4-2-3-5-7-9-11-13-15-28(34)35/h25H,2-23H2,1H3,(H,30,33)(H,34,35)(H,36,37)/t25-/m1/s1. The summed E-state index contributed by atoms with van der Waals surface area (Å²) >= 11 is 0. The summed E-state index contributed by atoms with van der Waals surface area (Å²) in [4.78, 5) is 56.9. The van der Waals surface area contributed by atoms with E-state index in [9.17, 15) is 29.1 Å². The molecule has 0 saturated carbocycles. The van der Waals surface area contributed by atoms with Crippen LogP contribution in [0.1, 0.15) is 116 Å². The van der Waals surface area contributed by atoms with Gasteiger partial charge in [-0.3, -0.25) is 24.0 Å². The van der Waals surface area contributed by atoms with E-state index < -0.39 is 17.9 Å². The summed E-state index contributed by atoms with van der Waals surface area (Å²) in [6, 6.07) is 0. The predicted octanol–water partition coefficient (Wildman–Crippen LogP) is 4.71. The number of nitrogens with one attached hydrogen (secondary N) is 1. The molecule has 0 saturated heterocycles. The van der Waals surface area contributed by atoms with Crippen LogP contribution >= 0.6 is 0 Å². The lowest BCUT2D eigenvalue weighted by molar-refractivity contribution is -0.144. The second-order valence-corrected chi connectivity index (χ2v) is 10.2. The van der Waals surface area contributed by atoms with Crippen LogP contribution in [0.15, 0.2) is 0 Å². The molecule has 0 aliphatic heterocycles. The number of hydrogen-bond acceptors (Lipinski definition) is 7. The molecule has 0 radical (unpaired) electrons. The van der Waals surface area contributed by atoms with E-state index in [4.69, 9.17) is 14.6 Å². The number of carboxylic acid groups (broad SMARTS) is 2. The van der Waals surface area contributed by atoms with E-state index in [-0.39, 0.29) is 56.4 Å². The molecule has 0 aromatic heterocycles. The van der Waals surface area contributed by atoms with Crippen molar-refractivity contribution in [3.8, 4) is 0 Å². The molecule has 0 spiro atoms. The zero-order chi connectivity index (χ0) is 29.1. The summed E-state index contributed by atoms with van der Waals surface area (Å²) in [5.74, 6) is -3.02. The molecule has 0 bridgehead atoms. The van der Waals surface area contributed by atoms with Crippen molar-refractivity contribution in [2.75, 3.05) is 33.0 Å². The monoisotopic (exact) mass is 557 g/mol. The van der Waals surface area contributed by atoms with Crippen LogP contribution in [0.4, 0.5) is 0 Å². The van der Waals surface area contributed by atoms with Gasteiger partial charge in [-0.15, -0.1) is 0 Å². The Morgan fingerprint density at radius 2 is 1.18 bits per heavy atom. The zero-order valence-corrected chi connectivity index (χ0v) is 23.9. The predicted molar refractivity (Wildman–Crippen MR) is 148 cm³/mol. The van der Waals surface area contributed by atoms with Crippen LogP contribution in [-0.4, -0.2) is 72.6 Å². The summed E-state index contributed by atoms with van der Waals surface area (Å²) in [5.41, 5.74) is 0. The minimum atomic E-state index is -1.05. The number of aliphatic carboxylic acids is 2. The molecule has 10 nitrogen and oxygen atoms in total. The van der Waals surface area contributed by atoms with Crippen molar-refractivity contribution in [3.63, 3.8) is 0 Å². The molecule has 0 unspecified atom stereocenters. The number of carboxylic acids is 2. The Morgan fingerprint density at radius 3 is 1.69 bits per heavy atom. The highest BCUT2D eigenvalue weighted by Crippen LogP contribution is 2.16. The van der Waals surface area contributed by atoms with Gasteiger partial charge < -0.3 is 25.0 Å². The maximum Gasteiger partial charge on any atom is 0.306 e. The summed E-state index contributed by atoms with van der Waals surface area (Å²) < 4.78 is 10.3. The van der Waals surface area contributed by atoms with E-state index in [1.807, 2.05) is 0 Å². The van der Waals surface area contributed by atoms with Crippen LogP contribution < -0.4 is 5.32 Å². The van der Waals surface area contributed by atoms with Gasteiger partial charge in [-0.05, 0) is 26.2 Å². The van der Waals surface area contributed by atoms with Gasteiger partial charge in [-0.25, -0.2) is 0 Å². The summed E-state index contributed by atoms with van der Waals surface area (Å²) in [5, 5.41) is 20.7. The van der Waals surface area contributed by atoms with Gasteiger partial charge in [0.1, 0.15) is 12.4 Å². The largest absolute Gasteiger partial charge is 0.481 e. The van der Waals surface area contributed by atoms with E-state index in [2.05, 4.69) is 5.32 Å². The van der Waals surface area contributed by atoms with Gasteiger partial charge in [0.25, 0.3) is 0 Å². The lowest BCUT2D eigenvalue weighted by Crippen LogP contribution is -2.29.